The summed E-state index contributed by atoms with van der Waals surface area (Å²) in [5.74, 6) is -0.0466. The van der Waals surface area contributed by atoms with E-state index >= 15 is 0 Å². The zero-order valence-electron chi connectivity index (χ0n) is 8.34. The fourth-order valence-electron chi connectivity index (χ4n) is 1.90. The molecule has 76 valence electrons. The zero-order chi connectivity index (χ0) is 9.68. The Labute approximate surface area is 79.7 Å². The topological polar surface area (TPSA) is 44.6 Å². The second kappa shape index (κ2) is 5.22. The van der Waals surface area contributed by atoms with Crippen molar-refractivity contribution in [1.29, 1.82) is 0 Å². The molecule has 3 heteroatoms. The van der Waals surface area contributed by atoms with E-state index in [1.165, 1.54) is 25.9 Å². The summed E-state index contributed by atoms with van der Waals surface area (Å²) in [5, 5.41) is 10.2. The molecule has 1 aliphatic rings. The average Bonchev–Trinajstić information content (AvgIpc) is 2.08. The lowest BCUT2D eigenvalue weighted by Gasteiger charge is -2.27. The number of aliphatic carboxylic acids is 1. The summed E-state index contributed by atoms with van der Waals surface area (Å²) in [6, 6.07) is 0. The van der Waals surface area contributed by atoms with E-state index in [9.17, 15) is 9.90 Å². The summed E-state index contributed by atoms with van der Waals surface area (Å²) >= 11 is 0. The van der Waals surface area contributed by atoms with Crippen LogP contribution in [0.1, 0.15) is 32.6 Å². The molecule has 0 aromatic rings. The number of carboxylic acids is 1. The van der Waals surface area contributed by atoms with Gasteiger partial charge in [-0.2, -0.15) is 0 Å². The number of hydrogen-bond acceptors (Lipinski definition) is 2. The fraction of sp³-hybridized carbons (Fsp3) is 0.900. The van der Waals surface area contributed by atoms with E-state index in [0.717, 1.165) is 18.9 Å². The minimum atomic E-state index is -0.912. The summed E-state index contributed by atoms with van der Waals surface area (Å²) in [4.78, 5) is 11.7. The number of carbonyl (C=O) groups excluding carboxylic acids is 1. The standard InChI is InChI=1S/C10H19NO2/c1-9-4-7-11(8-5-9)6-2-3-10(12)13/h9H,2-8H2,1H3,(H,12,13). The molecular weight excluding hydrogens is 166 g/mol. The van der Waals surface area contributed by atoms with Gasteiger partial charge < -0.3 is 14.8 Å². The molecule has 0 unspecified atom stereocenters. The quantitative estimate of drug-likeness (QED) is 0.600. The van der Waals surface area contributed by atoms with Gasteiger partial charge in [-0.1, -0.05) is 6.92 Å². The third-order valence-electron chi connectivity index (χ3n) is 2.89. The maximum Gasteiger partial charge on any atom is 0.0774 e. The van der Waals surface area contributed by atoms with E-state index in [4.69, 9.17) is 0 Å². The summed E-state index contributed by atoms with van der Waals surface area (Å²) in [7, 11) is 0. The Balaban J connectivity index is 2.05. The van der Waals surface area contributed by atoms with Gasteiger partial charge in [0.1, 0.15) is 0 Å². The largest absolute Gasteiger partial charge is 0.550 e. The monoisotopic (exact) mass is 185 g/mol. The van der Waals surface area contributed by atoms with Gasteiger partial charge in [-0.15, -0.1) is 0 Å². The minimum Gasteiger partial charge on any atom is -0.550 e. The van der Waals surface area contributed by atoms with Crippen LogP contribution in [-0.4, -0.2) is 25.6 Å². The van der Waals surface area contributed by atoms with Gasteiger partial charge >= 0.3 is 0 Å². The van der Waals surface area contributed by atoms with Crippen molar-refractivity contribution >= 4 is 5.97 Å². The van der Waals surface area contributed by atoms with Gasteiger partial charge in [-0.3, -0.25) is 0 Å². The number of likely N-dealkylation sites (tertiary alicyclic amines) is 1. The molecule has 0 amide bonds. The number of piperidine rings is 1. The summed E-state index contributed by atoms with van der Waals surface area (Å²) in [6.07, 6.45) is 3.58. The van der Waals surface area contributed by atoms with E-state index in [0.29, 0.717) is 0 Å². The molecule has 0 aromatic carbocycles. The molecule has 0 saturated carbocycles. The highest BCUT2D eigenvalue weighted by Crippen LogP contribution is 2.06. The van der Waals surface area contributed by atoms with Crippen molar-refractivity contribution in [2.24, 2.45) is 5.92 Å². The van der Waals surface area contributed by atoms with Crippen molar-refractivity contribution in [3.05, 3.63) is 0 Å². The van der Waals surface area contributed by atoms with Gasteiger partial charge in [0.05, 0.1) is 19.6 Å². The van der Waals surface area contributed by atoms with Crippen LogP contribution in [0.4, 0.5) is 0 Å². The van der Waals surface area contributed by atoms with Crippen molar-refractivity contribution in [2.75, 3.05) is 19.6 Å². The van der Waals surface area contributed by atoms with Crippen molar-refractivity contribution in [3.63, 3.8) is 0 Å². The third-order valence-corrected chi connectivity index (χ3v) is 2.89. The van der Waals surface area contributed by atoms with Crippen molar-refractivity contribution in [1.82, 2.24) is 0 Å². The van der Waals surface area contributed by atoms with Gasteiger partial charge in [-0.05, 0) is 25.2 Å². The Kier molecular flexibility index (Phi) is 4.22. The average molecular weight is 185 g/mol. The van der Waals surface area contributed by atoms with Crippen LogP contribution in [0.5, 0.6) is 0 Å². The van der Waals surface area contributed by atoms with Crippen LogP contribution >= 0.6 is 0 Å². The summed E-state index contributed by atoms with van der Waals surface area (Å²) in [5.41, 5.74) is 0. The van der Waals surface area contributed by atoms with Crippen LogP contribution in [0.2, 0.25) is 0 Å². The molecule has 3 nitrogen and oxygen atoms in total. The van der Waals surface area contributed by atoms with E-state index in [2.05, 4.69) is 6.92 Å². The third kappa shape index (κ3) is 4.27. The predicted molar refractivity (Wildman–Crippen MR) is 48.2 cm³/mol. The molecule has 1 heterocycles. The fourth-order valence-corrected chi connectivity index (χ4v) is 1.90. The minimum absolute atomic E-state index is 0.221. The Hall–Kier alpha value is -0.570. The van der Waals surface area contributed by atoms with Crippen molar-refractivity contribution in [2.45, 2.75) is 32.6 Å². The van der Waals surface area contributed by atoms with E-state index in [-0.39, 0.29) is 6.42 Å². The number of nitrogens with one attached hydrogen (secondary N) is 1. The molecule has 13 heavy (non-hydrogen) atoms. The highest BCUT2D eigenvalue weighted by Gasteiger charge is 2.17. The second-order valence-corrected chi connectivity index (χ2v) is 4.16. The first-order valence-corrected chi connectivity index (χ1v) is 5.22. The highest BCUT2D eigenvalue weighted by atomic mass is 16.4. The van der Waals surface area contributed by atoms with Gasteiger partial charge in [-0.25, -0.2) is 0 Å². The van der Waals surface area contributed by atoms with Crippen LogP contribution in [-0.2, 0) is 4.79 Å². The van der Waals surface area contributed by atoms with Gasteiger partial charge in [0.25, 0.3) is 0 Å². The molecule has 1 saturated heterocycles. The molecular formula is C10H19NO2. The molecule has 1 fully saturated rings. The normalized spacial score (nSPS) is 28.7. The molecule has 0 aromatic heterocycles. The Bertz CT molecular complexity index is 162. The Morgan fingerprint density at radius 1 is 1.46 bits per heavy atom. The number of carboxylic acid groups (broad SMARTS) is 1. The molecule has 0 bridgehead atoms. The van der Waals surface area contributed by atoms with Gasteiger partial charge in [0.2, 0.25) is 0 Å². The first-order chi connectivity index (χ1) is 6.18. The lowest BCUT2D eigenvalue weighted by Crippen LogP contribution is -3.13. The van der Waals surface area contributed by atoms with Crippen LogP contribution < -0.4 is 10.0 Å². The highest BCUT2D eigenvalue weighted by molar-refractivity contribution is 5.64. The molecule has 0 spiro atoms. The van der Waals surface area contributed by atoms with Crippen LogP contribution in [0, 0.1) is 5.92 Å². The first kappa shape index (κ1) is 10.5. The molecule has 1 aliphatic heterocycles. The van der Waals surface area contributed by atoms with E-state index in [1.807, 2.05) is 0 Å². The number of quaternary nitrogens is 1. The number of carbonyl (C=O) groups is 1. The second-order valence-electron chi connectivity index (χ2n) is 4.16. The smallest absolute Gasteiger partial charge is 0.0774 e. The van der Waals surface area contributed by atoms with Crippen molar-refractivity contribution in [3.8, 4) is 0 Å². The van der Waals surface area contributed by atoms with Crippen LogP contribution in [0.15, 0.2) is 0 Å². The Morgan fingerprint density at radius 3 is 2.62 bits per heavy atom. The Morgan fingerprint density at radius 2 is 2.08 bits per heavy atom. The van der Waals surface area contributed by atoms with Crippen LogP contribution in [0.25, 0.3) is 0 Å². The molecule has 0 aliphatic carbocycles. The SMILES string of the molecule is CC1CC[NH+](CCCC(=O)[O-])CC1. The van der Waals surface area contributed by atoms with Gasteiger partial charge in [0.15, 0.2) is 0 Å². The van der Waals surface area contributed by atoms with Crippen molar-refractivity contribution < 1.29 is 14.8 Å². The van der Waals surface area contributed by atoms with E-state index in [1.54, 1.807) is 4.90 Å². The molecule has 0 atom stereocenters. The maximum absolute atomic E-state index is 10.2. The number of hydrogen-bond donors (Lipinski definition) is 1. The zero-order valence-corrected chi connectivity index (χ0v) is 8.34. The van der Waals surface area contributed by atoms with Gasteiger partial charge in [0, 0.05) is 12.4 Å². The predicted octanol–water partition coefficient (Wildman–Crippen LogP) is -1.17. The molecule has 1 N–H and O–H groups in total. The molecule has 0 radical (unpaired) electrons. The maximum atomic E-state index is 10.2. The molecule has 1 rings (SSSR count). The lowest BCUT2D eigenvalue weighted by molar-refractivity contribution is -0.906. The number of rotatable bonds is 4. The van der Waals surface area contributed by atoms with Crippen LogP contribution in [0.3, 0.4) is 0 Å². The summed E-state index contributed by atoms with van der Waals surface area (Å²) < 4.78 is 0. The summed E-state index contributed by atoms with van der Waals surface area (Å²) in [6.45, 7) is 5.72. The first-order valence-electron chi connectivity index (χ1n) is 5.22. The lowest BCUT2D eigenvalue weighted by atomic mass is 9.99. The van der Waals surface area contributed by atoms with E-state index < -0.39 is 5.97 Å².